The molecular weight excluding hydrogens is 244 g/mol. The van der Waals surface area contributed by atoms with Crippen molar-refractivity contribution < 1.29 is 19.4 Å². The van der Waals surface area contributed by atoms with Gasteiger partial charge < -0.3 is 9.84 Å². The molecule has 0 aliphatic rings. The number of carboxylic acid groups (broad SMARTS) is 1. The third-order valence-electron chi connectivity index (χ3n) is 3.19. The maximum Gasteiger partial charge on any atom is 0.310 e. The first-order chi connectivity index (χ1) is 8.93. The summed E-state index contributed by atoms with van der Waals surface area (Å²) < 4.78 is 5.22. The van der Waals surface area contributed by atoms with Crippen molar-refractivity contribution in [2.45, 2.75) is 72.3 Å². The average Bonchev–Trinajstić information content (AvgIpc) is 2.31. The quantitative estimate of drug-likeness (QED) is 0.617. The zero-order valence-electron chi connectivity index (χ0n) is 12.6. The molecular formula is C15H28O4. The van der Waals surface area contributed by atoms with Crippen LogP contribution in [0.25, 0.3) is 0 Å². The fourth-order valence-corrected chi connectivity index (χ4v) is 2.15. The van der Waals surface area contributed by atoms with Crippen molar-refractivity contribution in [3.8, 4) is 0 Å². The third kappa shape index (κ3) is 7.19. The van der Waals surface area contributed by atoms with Crippen molar-refractivity contribution >= 4 is 11.9 Å². The molecule has 4 heteroatoms. The van der Waals surface area contributed by atoms with E-state index in [-0.39, 0.29) is 12.1 Å². The Morgan fingerprint density at radius 2 is 1.47 bits per heavy atom. The molecule has 112 valence electrons. The Kier molecular flexibility index (Phi) is 9.27. The highest BCUT2D eigenvalue weighted by Gasteiger charge is 2.34. The van der Waals surface area contributed by atoms with Gasteiger partial charge in [0.25, 0.3) is 0 Å². The summed E-state index contributed by atoms with van der Waals surface area (Å²) >= 11 is 0. The molecule has 0 heterocycles. The van der Waals surface area contributed by atoms with E-state index < -0.39 is 17.8 Å². The molecule has 0 saturated carbocycles. The van der Waals surface area contributed by atoms with E-state index in [1.807, 2.05) is 13.8 Å². The van der Waals surface area contributed by atoms with Gasteiger partial charge in [-0.1, -0.05) is 39.5 Å². The van der Waals surface area contributed by atoms with Gasteiger partial charge in [0.1, 0.15) is 0 Å². The number of esters is 1. The van der Waals surface area contributed by atoms with Gasteiger partial charge in [-0.15, -0.1) is 0 Å². The molecule has 0 spiro atoms. The molecule has 1 N–H and O–H groups in total. The van der Waals surface area contributed by atoms with Gasteiger partial charge in [0, 0.05) is 0 Å². The Labute approximate surface area is 116 Å². The van der Waals surface area contributed by atoms with E-state index in [2.05, 4.69) is 0 Å². The largest absolute Gasteiger partial charge is 0.481 e. The highest BCUT2D eigenvalue weighted by Crippen LogP contribution is 2.26. The molecule has 0 radical (unpaired) electrons. The highest BCUT2D eigenvalue weighted by atomic mass is 16.5. The topological polar surface area (TPSA) is 63.6 Å². The van der Waals surface area contributed by atoms with Gasteiger partial charge >= 0.3 is 11.9 Å². The van der Waals surface area contributed by atoms with E-state index >= 15 is 0 Å². The Morgan fingerprint density at radius 3 is 1.84 bits per heavy atom. The first kappa shape index (κ1) is 17.9. The summed E-state index contributed by atoms with van der Waals surface area (Å²) in [4.78, 5) is 23.5. The van der Waals surface area contributed by atoms with E-state index in [1.165, 1.54) is 0 Å². The number of rotatable bonds is 10. The zero-order chi connectivity index (χ0) is 14.8. The van der Waals surface area contributed by atoms with E-state index in [1.54, 1.807) is 13.8 Å². The Morgan fingerprint density at radius 1 is 1.00 bits per heavy atom. The first-order valence-electron chi connectivity index (χ1n) is 7.37. The number of aliphatic carboxylic acids is 1. The van der Waals surface area contributed by atoms with Crippen molar-refractivity contribution in [2.24, 2.45) is 11.8 Å². The van der Waals surface area contributed by atoms with Crippen molar-refractivity contribution in [2.75, 3.05) is 0 Å². The van der Waals surface area contributed by atoms with E-state index in [9.17, 15) is 14.7 Å². The van der Waals surface area contributed by atoms with Crippen LogP contribution in [0, 0.1) is 11.8 Å². The molecule has 0 aliphatic heterocycles. The smallest absolute Gasteiger partial charge is 0.310 e. The molecule has 0 saturated heterocycles. The second kappa shape index (κ2) is 9.82. The van der Waals surface area contributed by atoms with E-state index in [4.69, 9.17) is 4.74 Å². The van der Waals surface area contributed by atoms with Gasteiger partial charge in [0.2, 0.25) is 0 Å². The van der Waals surface area contributed by atoms with Gasteiger partial charge in [0.15, 0.2) is 0 Å². The maximum atomic E-state index is 12.1. The predicted octanol–water partition coefficient (Wildman–Crippen LogP) is 3.64. The molecule has 2 atom stereocenters. The third-order valence-corrected chi connectivity index (χ3v) is 3.19. The van der Waals surface area contributed by atoms with E-state index in [0.29, 0.717) is 12.8 Å². The fourth-order valence-electron chi connectivity index (χ4n) is 2.15. The zero-order valence-corrected chi connectivity index (χ0v) is 12.6. The van der Waals surface area contributed by atoms with Gasteiger partial charge in [-0.05, 0) is 26.7 Å². The summed E-state index contributed by atoms with van der Waals surface area (Å²) in [7, 11) is 0. The van der Waals surface area contributed by atoms with Crippen LogP contribution in [0.15, 0.2) is 0 Å². The minimum atomic E-state index is -0.879. The van der Waals surface area contributed by atoms with Crippen molar-refractivity contribution in [3.63, 3.8) is 0 Å². The predicted molar refractivity (Wildman–Crippen MR) is 74.9 cm³/mol. The summed E-state index contributed by atoms with van der Waals surface area (Å²) in [6.45, 7) is 7.63. The Bertz CT molecular complexity index is 273. The minimum Gasteiger partial charge on any atom is -0.481 e. The molecule has 0 aliphatic carbocycles. The molecule has 0 aromatic rings. The average molecular weight is 272 g/mol. The summed E-state index contributed by atoms with van der Waals surface area (Å²) in [6.07, 6.45) is 4.52. The molecule has 4 nitrogen and oxygen atoms in total. The second-order valence-corrected chi connectivity index (χ2v) is 5.32. The molecule has 0 fully saturated rings. The second-order valence-electron chi connectivity index (χ2n) is 5.32. The van der Waals surface area contributed by atoms with Crippen molar-refractivity contribution in [3.05, 3.63) is 0 Å². The Hall–Kier alpha value is -1.06. The lowest BCUT2D eigenvalue weighted by molar-refractivity contribution is -0.161. The summed E-state index contributed by atoms with van der Waals surface area (Å²) in [5, 5.41) is 9.34. The normalized spacial score (nSPS) is 14.2. The van der Waals surface area contributed by atoms with Crippen LogP contribution in [-0.4, -0.2) is 23.1 Å². The van der Waals surface area contributed by atoms with Crippen molar-refractivity contribution in [1.82, 2.24) is 0 Å². The molecule has 0 bridgehead atoms. The molecule has 19 heavy (non-hydrogen) atoms. The number of hydrogen-bond donors (Lipinski definition) is 1. The van der Waals surface area contributed by atoms with Crippen LogP contribution in [0.1, 0.15) is 66.2 Å². The summed E-state index contributed by atoms with van der Waals surface area (Å²) in [6, 6.07) is 0. The summed E-state index contributed by atoms with van der Waals surface area (Å²) in [5.41, 5.74) is 0. The molecule has 0 unspecified atom stereocenters. The number of hydrogen-bond acceptors (Lipinski definition) is 3. The number of ether oxygens (including phenoxy) is 1. The Balaban J connectivity index is 4.83. The fraction of sp³-hybridized carbons (Fsp3) is 0.867. The number of carboxylic acids is 1. The lowest BCUT2D eigenvalue weighted by atomic mass is 9.84. The number of carbonyl (C=O) groups excluding carboxylic acids is 1. The highest BCUT2D eigenvalue weighted by molar-refractivity contribution is 5.81. The standard InChI is InChI=1S/C15H28O4/c1-5-7-9-12(14(16)17)13(10-8-6-2)15(18)19-11(3)4/h11-13H,5-10H2,1-4H3,(H,16,17)/t12-,13+/m0/s1. The molecule has 0 rings (SSSR count). The summed E-state index contributed by atoms with van der Waals surface area (Å²) in [5.74, 6) is -2.36. The van der Waals surface area contributed by atoms with Gasteiger partial charge in [-0.3, -0.25) is 9.59 Å². The van der Waals surface area contributed by atoms with Crippen LogP contribution in [0.3, 0.4) is 0 Å². The molecule has 0 amide bonds. The number of carbonyl (C=O) groups is 2. The lowest BCUT2D eigenvalue weighted by Crippen LogP contribution is -2.32. The van der Waals surface area contributed by atoms with Crippen LogP contribution in [0.5, 0.6) is 0 Å². The number of unbranched alkanes of at least 4 members (excludes halogenated alkanes) is 2. The van der Waals surface area contributed by atoms with Gasteiger partial charge in [0.05, 0.1) is 17.9 Å². The van der Waals surface area contributed by atoms with Crippen LogP contribution >= 0.6 is 0 Å². The van der Waals surface area contributed by atoms with Crippen LogP contribution in [0.2, 0.25) is 0 Å². The van der Waals surface area contributed by atoms with Crippen molar-refractivity contribution in [1.29, 1.82) is 0 Å². The van der Waals surface area contributed by atoms with Gasteiger partial charge in [-0.2, -0.15) is 0 Å². The van der Waals surface area contributed by atoms with Gasteiger partial charge in [-0.25, -0.2) is 0 Å². The maximum absolute atomic E-state index is 12.1. The molecule has 0 aromatic carbocycles. The first-order valence-corrected chi connectivity index (χ1v) is 7.37. The van der Waals surface area contributed by atoms with E-state index in [0.717, 1.165) is 25.7 Å². The molecule has 0 aromatic heterocycles. The monoisotopic (exact) mass is 272 g/mol. The lowest BCUT2D eigenvalue weighted by Gasteiger charge is -2.23. The van der Waals surface area contributed by atoms with Crippen LogP contribution in [-0.2, 0) is 14.3 Å². The van der Waals surface area contributed by atoms with Crippen LogP contribution in [0.4, 0.5) is 0 Å². The van der Waals surface area contributed by atoms with Crippen LogP contribution < -0.4 is 0 Å². The SMILES string of the molecule is CCCC[C@H](C(=O)O)[C@@H](CCCC)C(=O)OC(C)C. The minimum absolute atomic E-state index is 0.197.